The van der Waals surface area contributed by atoms with Crippen molar-refractivity contribution in [1.29, 1.82) is 0 Å². The first kappa shape index (κ1) is 17.9. The minimum Gasteiger partial charge on any atom is -0.482 e. The van der Waals surface area contributed by atoms with Gasteiger partial charge >= 0.3 is 0 Å². The van der Waals surface area contributed by atoms with Gasteiger partial charge in [0.15, 0.2) is 11.5 Å². The average Bonchev–Trinajstić information content (AvgIpc) is 2.55. The van der Waals surface area contributed by atoms with E-state index in [9.17, 15) is 4.79 Å². The Morgan fingerprint density at radius 2 is 2.04 bits per heavy atom. The van der Waals surface area contributed by atoms with E-state index in [0.29, 0.717) is 24.0 Å². The Hall–Kier alpha value is -1.46. The average molecular weight is 341 g/mol. The number of para-hydroxylation sites is 2. The van der Waals surface area contributed by atoms with Crippen molar-refractivity contribution in [1.82, 2.24) is 10.6 Å². The first-order valence-corrected chi connectivity index (χ1v) is 8.15. The van der Waals surface area contributed by atoms with E-state index in [1.807, 2.05) is 31.2 Å². The molecule has 0 aromatic heterocycles. The molecule has 1 amide bonds. The van der Waals surface area contributed by atoms with Gasteiger partial charge in [0, 0.05) is 6.54 Å². The second kappa shape index (κ2) is 8.41. The number of hydrogen-bond acceptors (Lipinski definition) is 4. The lowest BCUT2D eigenvalue weighted by molar-refractivity contribution is -0.133. The zero-order chi connectivity index (χ0) is 15.4. The smallest absolute Gasteiger partial charge is 0.265 e. The molecule has 2 heterocycles. The van der Waals surface area contributed by atoms with Gasteiger partial charge in [0.05, 0.1) is 0 Å². The van der Waals surface area contributed by atoms with E-state index in [2.05, 4.69) is 10.6 Å². The van der Waals surface area contributed by atoms with Gasteiger partial charge in [0.25, 0.3) is 5.91 Å². The van der Waals surface area contributed by atoms with Crippen LogP contribution in [0.25, 0.3) is 0 Å². The highest BCUT2D eigenvalue weighted by Gasteiger charge is 2.33. The molecule has 1 fully saturated rings. The summed E-state index contributed by atoms with van der Waals surface area (Å²) >= 11 is 0. The molecule has 5 nitrogen and oxygen atoms in total. The van der Waals surface area contributed by atoms with E-state index in [1.54, 1.807) is 0 Å². The topological polar surface area (TPSA) is 59.6 Å². The van der Waals surface area contributed by atoms with Crippen LogP contribution in [0.4, 0.5) is 0 Å². The fourth-order valence-electron chi connectivity index (χ4n) is 3.08. The zero-order valence-corrected chi connectivity index (χ0v) is 14.2. The number of ether oxygens (including phenoxy) is 2. The molecule has 0 spiro atoms. The van der Waals surface area contributed by atoms with Crippen molar-refractivity contribution in [3.63, 3.8) is 0 Å². The van der Waals surface area contributed by atoms with E-state index in [4.69, 9.17) is 9.47 Å². The largest absolute Gasteiger partial charge is 0.482 e. The Labute approximate surface area is 143 Å². The van der Waals surface area contributed by atoms with Crippen molar-refractivity contribution in [3.05, 3.63) is 24.3 Å². The van der Waals surface area contributed by atoms with Crippen LogP contribution in [0.3, 0.4) is 0 Å². The molecule has 2 aliphatic rings. The Kier molecular flexibility index (Phi) is 6.54. The number of fused-ring (bicyclic) bond motifs is 1. The maximum atomic E-state index is 12.3. The number of rotatable bonds is 4. The van der Waals surface area contributed by atoms with Gasteiger partial charge in [0.1, 0.15) is 6.10 Å². The van der Waals surface area contributed by atoms with Gasteiger partial charge in [-0.3, -0.25) is 4.79 Å². The summed E-state index contributed by atoms with van der Waals surface area (Å²) in [5.74, 6) is 1.91. The second-order valence-corrected chi connectivity index (χ2v) is 6.10. The molecule has 1 aromatic rings. The van der Waals surface area contributed by atoms with Crippen LogP contribution in [0.15, 0.2) is 24.3 Å². The highest BCUT2D eigenvalue weighted by atomic mass is 35.5. The first-order chi connectivity index (χ1) is 10.7. The Morgan fingerprint density at radius 3 is 2.74 bits per heavy atom. The maximum absolute atomic E-state index is 12.3. The Bertz CT molecular complexity index is 520. The number of benzene rings is 1. The fourth-order valence-corrected chi connectivity index (χ4v) is 3.08. The molecule has 2 aliphatic heterocycles. The van der Waals surface area contributed by atoms with E-state index < -0.39 is 6.10 Å². The summed E-state index contributed by atoms with van der Waals surface area (Å²) < 4.78 is 11.6. The van der Waals surface area contributed by atoms with Gasteiger partial charge in [-0.1, -0.05) is 12.1 Å². The number of carbonyl (C=O) groups excluding carboxylic acids is 1. The van der Waals surface area contributed by atoms with Crippen LogP contribution < -0.4 is 20.1 Å². The highest BCUT2D eigenvalue weighted by molar-refractivity contribution is 5.85. The molecular weight excluding hydrogens is 316 g/mol. The molecule has 3 rings (SSSR count). The third kappa shape index (κ3) is 4.52. The first-order valence-electron chi connectivity index (χ1n) is 8.15. The van der Waals surface area contributed by atoms with Crippen molar-refractivity contribution < 1.29 is 14.3 Å². The quantitative estimate of drug-likeness (QED) is 0.881. The Balaban J connectivity index is 0.00000192. The van der Waals surface area contributed by atoms with Crippen LogP contribution in [-0.4, -0.2) is 37.7 Å². The molecule has 1 aromatic carbocycles. The minimum atomic E-state index is -0.584. The zero-order valence-electron chi connectivity index (χ0n) is 13.4. The SMILES string of the molecule is CC1Oc2ccccc2OC1C(=O)NCCC1CCCNC1.Cl. The van der Waals surface area contributed by atoms with Crippen molar-refractivity contribution in [2.24, 2.45) is 5.92 Å². The minimum absolute atomic E-state index is 0. The predicted molar refractivity (Wildman–Crippen MR) is 91.4 cm³/mol. The van der Waals surface area contributed by atoms with E-state index in [0.717, 1.165) is 19.5 Å². The summed E-state index contributed by atoms with van der Waals surface area (Å²) in [5.41, 5.74) is 0. The molecule has 0 saturated carbocycles. The van der Waals surface area contributed by atoms with Crippen LogP contribution in [0, 0.1) is 5.92 Å². The van der Waals surface area contributed by atoms with Crippen molar-refractivity contribution in [2.75, 3.05) is 19.6 Å². The molecule has 6 heteroatoms. The van der Waals surface area contributed by atoms with Gasteiger partial charge in [-0.2, -0.15) is 0 Å². The summed E-state index contributed by atoms with van der Waals surface area (Å²) in [6.45, 7) is 4.74. The molecule has 0 bridgehead atoms. The van der Waals surface area contributed by atoms with Crippen LogP contribution in [0.2, 0.25) is 0 Å². The van der Waals surface area contributed by atoms with Crippen molar-refractivity contribution in [3.8, 4) is 11.5 Å². The molecule has 3 unspecified atom stereocenters. The third-order valence-electron chi connectivity index (χ3n) is 4.35. The van der Waals surface area contributed by atoms with Crippen molar-refractivity contribution in [2.45, 2.75) is 38.4 Å². The number of halogens is 1. The molecule has 1 saturated heterocycles. The number of carbonyl (C=O) groups is 1. The molecular formula is C17H25ClN2O3. The van der Waals surface area contributed by atoms with Crippen LogP contribution in [0.5, 0.6) is 11.5 Å². The molecule has 128 valence electrons. The molecule has 3 atom stereocenters. The summed E-state index contributed by atoms with van der Waals surface area (Å²) in [7, 11) is 0. The molecule has 0 aliphatic carbocycles. The van der Waals surface area contributed by atoms with Gasteiger partial charge in [-0.05, 0) is 57.3 Å². The standard InChI is InChI=1S/C17H24N2O3.ClH/c1-12-16(22-15-7-3-2-6-14(15)21-12)17(20)19-10-8-13-5-4-9-18-11-13;/h2-3,6-7,12-13,16,18H,4-5,8-11H2,1H3,(H,19,20);1H. The molecule has 0 radical (unpaired) electrons. The third-order valence-corrected chi connectivity index (χ3v) is 4.35. The number of amides is 1. The van der Waals surface area contributed by atoms with Gasteiger partial charge in [-0.15, -0.1) is 12.4 Å². The molecule has 2 N–H and O–H groups in total. The second-order valence-electron chi connectivity index (χ2n) is 6.10. The number of piperidine rings is 1. The number of hydrogen-bond donors (Lipinski definition) is 2. The normalized spacial score (nSPS) is 26.0. The number of nitrogens with one attached hydrogen (secondary N) is 2. The van der Waals surface area contributed by atoms with Crippen LogP contribution in [0.1, 0.15) is 26.2 Å². The van der Waals surface area contributed by atoms with E-state index in [1.165, 1.54) is 12.8 Å². The summed E-state index contributed by atoms with van der Waals surface area (Å²) in [5, 5.41) is 6.39. The maximum Gasteiger partial charge on any atom is 0.265 e. The van der Waals surface area contributed by atoms with Crippen LogP contribution >= 0.6 is 12.4 Å². The van der Waals surface area contributed by atoms with Gasteiger partial charge in [0.2, 0.25) is 6.10 Å². The highest BCUT2D eigenvalue weighted by Crippen LogP contribution is 2.33. The Morgan fingerprint density at radius 1 is 1.30 bits per heavy atom. The van der Waals surface area contributed by atoms with Crippen LogP contribution in [-0.2, 0) is 4.79 Å². The monoisotopic (exact) mass is 340 g/mol. The summed E-state index contributed by atoms with van der Waals surface area (Å²) in [4.78, 5) is 12.3. The predicted octanol–water partition coefficient (Wildman–Crippen LogP) is 2.14. The van der Waals surface area contributed by atoms with Gasteiger partial charge in [-0.25, -0.2) is 0 Å². The summed E-state index contributed by atoms with van der Waals surface area (Å²) in [6.07, 6.45) is 2.62. The lowest BCUT2D eigenvalue weighted by atomic mass is 9.96. The summed E-state index contributed by atoms with van der Waals surface area (Å²) in [6, 6.07) is 7.46. The fraction of sp³-hybridized carbons (Fsp3) is 0.588. The van der Waals surface area contributed by atoms with Gasteiger partial charge < -0.3 is 20.1 Å². The lowest BCUT2D eigenvalue weighted by Crippen LogP contribution is -2.49. The lowest BCUT2D eigenvalue weighted by Gasteiger charge is -2.31. The van der Waals surface area contributed by atoms with E-state index in [-0.39, 0.29) is 24.4 Å². The van der Waals surface area contributed by atoms with E-state index >= 15 is 0 Å². The van der Waals surface area contributed by atoms with Crippen molar-refractivity contribution >= 4 is 18.3 Å². The molecule has 23 heavy (non-hydrogen) atoms.